The molecule has 2 heterocycles. The molecule has 0 radical (unpaired) electrons. The molecule has 2 amide bonds. The number of nitrogens with zero attached hydrogens (tertiary/aromatic N) is 1. The van der Waals surface area contributed by atoms with Crippen LogP contribution in [0, 0.1) is 5.92 Å². The van der Waals surface area contributed by atoms with E-state index in [2.05, 4.69) is 32.7 Å². The Kier molecular flexibility index (Phi) is 5.39. The number of thiophene rings is 1. The van der Waals surface area contributed by atoms with Crippen molar-refractivity contribution < 1.29 is 9.59 Å². The minimum Gasteiger partial charge on any atom is -0.338 e. The van der Waals surface area contributed by atoms with Crippen LogP contribution in [0.4, 0.5) is 11.4 Å². The van der Waals surface area contributed by atoms with Crippen molar-refractivity contribution in [2.24, 2.45) is 5.92 Å². The fourth-order valence-corrected chi connectivity index (χ4v) is 4.96. The number of carbonyl (C=O) groups is 2. The summed E-state index contributed by atoms with van der Waals surface area (Å²) in [5.74, 6) is 0.995. The van der Waals surface area contributed by atoms with E-state index >= 15 is 0 Å². The smallest absolute Gasteiger partial charge is 0.256 e. The molecular weight excluding hydrogens is 456 g/mol. The van der Waals surface area contributed by atoms with Gasteiger partial charge < -0.3 is 15.6 Å². The van der Waals surface area contributed by atoms with Crippen molar-refractivity contribution in [1.29, 1.82) is 0 Å². The Morgan fingerprint density at radius 3 is 2.49 bits per heavy atom. The lowest BCUT2D eigenvalue weighted by Gasteiger charge is -2.06. The number of rotatable bonds is 6. The van der Waals surface area contributed by atoms with E-state index in [9.17, 15) is 9.59 Å². The molecule has 3 N–H and O–H groups in total. The Labute approximate surface area is 206 Å². The van der Waals surface area contributed by atoms with Crippen LogP contribution in [-0.4, -0.2) is 21.8 Å². The predicted molar refractivity (Wildman–Crippen MR) is 140 cm³/mol. The molecule has 6 rings (SSSR count). The van der Waals surface area contributed by atoms with Crippen LogP contribution in [0.3, 0.4) is 0 Å². The van der Waals surface area contributed by atoms with E-state index in [1.807, 2.05) is 71.4 Å². The number of imidazole rings is 1. The molecule has 7 heteroatoms. The molecule has 0 saturated heterocycles. The van der Waals surface area contributed by atoms with Crippen LogP contribution in [0.1, 0.15) is 28.3 Å². The lowest BCUT2D eigenvalue weighted by Crippen LogP contribution is -2.14. The second kappa shape index (κ2) is 8.85. The Morgan fingerprint density at radius 1 is 0.914 bits per heavy atom. The van der Waals surface area contributed by atoms with Crippen LogP contribution in [0.5, 0.6) is 0 Å². The molecule has 0 spiro atoms. The molecule has 5 aromatic rings. The zero-order valence-electron chi connectivity index (χ0n) is 18.7. The first-order valence-electron chi connectivity index (χ1n) is 11.4. The molecule has 1 fully saturated rings. The summed E-state index contributed by atoms with van der Waals surface area (Å²) in [6.45, 7) is 0. The van der Waals surface area contributed by atoms with Gasteiger partial charge in [-0.1, -0.05) is 30.3 Å². The minimum atomic E-state index is -0.135. The average Bonchev–Trinajstić information content (AvgIpc) is 3.28. The molecular formula is C28H22N4O2S. The van der Waals surface area contributed by atoms with Gasteiger partial charge in [0.1, 0.15) is 5.82 Å². The molecule has 3 aromatic carbocycles. The zero-order valence-corrected chi connectivity index (χ0v) is 19.5. The molecule has 6 nitrogen and oxygen atoms in total. The first-order chi connectivity index (χ1) is 17.1. The molecule has 0 aliphatic heterocycles. The Bertz CT molecular complexity index is 1510. The fourth-order valence-electron chi connectivity index (χ4n) is 4.32. The van der Waals surface area contributed by atoms with Crippen LogP contribution in [-0.2, 0) is 4.79 Å². The number of hydrogen-bond acceptors (Lipinski definition) is 4. The highest BCUT2D eigenvalue weighted by atomic mass is 32.1. The molecule has 172 valence electrons. The fraction of sp³-hybridized carbons (Fsp3) is 0.107. The van der Waals surface area contributed by atoms with Gasteiger partial charge in [-0.05, 0) is 71.8 Å². The Balaban J connectivity index is 1.12. The third-order valence-corrected chi connectivity index (χ3v) is 6.99. The van der Waals surface area contributed by atoms with Gasteiger partial charge in [0.15, 0.2) is 0 Å². The quantitative estimate of drug-likeness (QED) is 0.268. The number of fused-ring (bicyclic) bond motifs is 1. The number of H-pyrrole nitrogens is 1. The van der Waals surface area contributed by atoms with E-state index in [4.69, 9.17) is 0 Å². The summed E-state index contributed by atoms with van der Waals surface area (Å²) >= 11 is 1.49. The molecule has 2 unspecified atom stereocenters. The van der Waals surface area contributed by atoms with Gasteiger partial charge in [-0.15, -0.1) is 0 Å². The van der Waals surface area contributed by atoms with Crippen molar-refractivity contribution in [1.82, 2.24) is 9.97 Å². The summed E-state index contributed by atoms with van der Waals surface area (Å²) in [7, 11) is 0. The van der Waals surface area contributed by atoms with Crippen molar-refractivity contribution in [3.05, 3.63) is 101 Å². The predicted octanol–water partition coefficient (Wildman–Crippen LogP) is 6.29. The standard InChI is InChI=1S/C28H22N4O2S/c33-27(19-12-13-35-16-19)30-21-10-11-24-25(14-21)32-26(31-24)18-6-8-20(9-7-18)29-28(34)23-15-22(23)17-4-2-1-3-5-17/h1-14,16,22-23H,15H2,(H,29,34)(H,30,33)(H,31,32). The second-order valence-electron chi connectivity index (χ2n) is 8.71. The zero-order chi connectivity index (χ0) is 23.8. The van der Waals surface area contributed by atoms with Crippen molar-refractivity contribution in [3.8, 4) is 11.4 Å². The van der Waals surface area contributed by atoms with E-state index < -0.39 is 0 Å². The number of aromatic amines is 1. The van der Waals surface area contributed by atoms with Gasteiger partial charge in [0.25, 0.3) is 5.91 Å². The summed E-state index contributed by atoms with van der Waals surface area (Å²) < 4.78 is 0. The molecule has 2 atom stereocenters. The molecule has 2 aromatic heterocycles. The Hall–Kier alpha value is -4.23. The van der Waals surface area contributed by atoms with E-state index in [-0.39, 0.29) is 17.7 Å². The number of benzene rings is 3. The summed E-state index contributed by atoms with van der Waals surface area (Å²) in [5.41, 5.74) is 5.90. The lowest BCUT2D eigenvalue weighted by atomic mass is 10.1. The highest BCUT2D eigenvalue weighted by Gasteiger charge is 2.43. The van der Waals surface area contributed by atoms with Gasteiger partial charge in [-0.2, -0.15) is 11.3 Å². The van der Waals surface area contributed by atoms with Gasteiger partial charge >= 0.3 is 0 Å². The van der Waals surface area contributed by atoms with Gasteiger partial charge in [0.05, 0.1) is 16.6 Å². The number of nitrogens with one attached hydrogen (secondary N) is 3. The monoisotopic (exact) mass is 478 g/mol. The maximum atomic E-state index is 12.7. The van der Waals surface area contributed by atoms with Crippen molar-refractivity contribution in [2.45, 2.75) is 12.3 Å². The summed E-state index contributed by atoms with van der Waals surface area (Å²) in [6, 6.07) is 25.3. The van der Waals surface area contributed by atoms with Crippen molar-refractivity contribution in [2.75, 3.05) is 10.6 Å². The highest BCUT2D eigenvalue weighted by molar-refractivity contribution is 7.08. The molecule has 1 aliphatic rings. The SMILES string of the molecule is O=C(Nc1ccc2nc(-c3ccc(NC(=O)C4CC4c4ccccc4)cc3)[nH]c2c1)c1ccsc1. The molecule has 0 bridgehead atoms. The maximum absolute atomic E-state index is 12.7. The van der Waals surface area contributed by atoms with Crippen LogP contribution >= 0.6 is 11.3 Å². The van der Waals surface area contributed by atoms with E-state index in [1.165, 1.54) is 16.9 Å². The summed E-state index contributed by atoms with van der Waals surface area (Å²) in [5, 5.41) is 9.65. The average molecular weight is 479 g/mol. The largest absolute Gasteiger partial charge is 0.338 e. The van der Waals surface area contributed by atoms with Gasteiger partial charge in [-0.25, -0.2) is 4.98 Å². The lowest BCUT2D eigenvalue weighted by molar-refractivity contribution is -0.117. The van der Waals surface area contributed by atoms with Crippen LogP contribution < -0.4 is 10.6 Å². The highest BCUT2D eigenvalue weighted by Crippen LogP contribution is 2.47. The first-order valence-corrected chi connectivity index (χ1v) is 12.4. The van der Waals surface area contributed by atoms with E-state index in [1.54, 1.807) is 6.07 Å². The Morgan fingerprint density at radius 2 is 1.71 bits per heavy atom. The van der Waals surface area contributed by atoms with Gasteiger partial charge in [0, 0.05) is 28.2 Å². The summed E-state index contributed by atoms with van der Waals surface area (Å²) in [6.07, 6.45) is 0.891. The van der Waals surface area contributed by atoms with Gasteiger partial charge in [-0.3, -0.25) is 9.59 Å². The van der Waals surface area contributed by atoms with Crippen molar-refractivity contribution in [3.63, 3.8) is 0 Å². The number of amides is 2. The maximum Gasteiger partial charge on any atom is 0.256 e. The number of anilines is 2. The number of carbonyl (C=O) groups excluding carboxylic acids is 2. The van der Waals surface area contributed by atoms with Crippen LogP contribution in [0.25, 0.3) is 22.4 Å². The van der Waals surface area contributed by atoms with E-state index in [0.29, 0.717) is 17.2 Å². The normalized spacial score (nSPS) is 16.7. The van der Waals surface area contributed by atoms with E-state index in [0.717, 1.165) is 34.5 Å². The van der Waals surface area contributed by atoms with Gasteiger partial charge in [0.2, 0.25) is 5.91 Å². The van der Waals surface area contributed by atoms with Crippen LogP contribution in [0.15, 0.2) is 89.6 Å². The third kappa shape index (κ3) is 4.46. The first kappa shape index (κ1) is 21.3. The number of hydrogen-bond donors (Lipinski definition) is 3. The second-order valence-corrected chi connectivity index (χ2v) is 9.49. The topological polar surface area (TPSA) is 86.9 Å². The molecule has 35 heavy (non-hydrogen) atoms. The van der Waals surface area contributed by atoms with Crippen molar-refractivity contribution >= 4 is 45.6 Å². The summed E-state index contributed by atoms with van der Waals surface area (Å²) in [4.78, 5) is 33.0. The number of aromatic nitrogens is 2. The molecule has 1 saturated carbocycles. The molecule has 1 aliphatic carbocycles. The van der Waals surface area contributed by atoms with Crippen LogP contribution in [0.2, 0.25) is 0 Å². The third-order valence-electron chi connectivity index (χ3n) is 6.30. The minimum absolute atomic E-state index is 0.0295.